The molecule has 0 aromatic heterocycles. The third-order valence-corrected chi connectivity index (χ3v) is 3.25. The van der Waals surface area contributed by atoms with Crippen molar-refractivity contribution in [2.75, 3.05) is 0 Å². The number of nitrogens with one attached hydrogen (secondary N) is 1. The molecule has 0 bridgehead atoms. The van der Waals surface area contributed by atoms with E-state index in [9.17, 15) is 9.59 Å². The van der Waals surface area contributed by atoms with E-state index in [1.165, 1.54) is 0 Å². The summed E-state index contributed by atoms with van der Waals surface area (Å²) in [6.07, 6.45) is 3.05. The quantitative estimate of drug-likeness (QED) is 0.654. The Kier molecular flexibility index (Phi) is 5.35. The van der Waals surface area contributed by atoms with Crippen molar-refractivity contribution in [3.8, 4) is 0 Å². The monoisotopic (exact) mass is 270 g/mol. The van der Waals surface area contributed by atoms with E-state index < -0.39 is 5.97 Å². The molecule has 0 saturated heterocycles. The van der Waals surface area contributed by atoms with Crippen LogP contribution in [0.1, 0.15) is 52.9 Å². The van der Waals surface area contributed by atoms with Gasteiger partial charge in [0.25, 0.3) is 0 Å². The average Bonchev–Trinajstić information content (AvgIpc) is 2.94. The highest BCUT2D eigenvalue weighted by molar-refractivity contribution is 5.78. The van der Waals surface area contributed by atoms with Gasteiger partial charge in [0, 0.05) is 18.5 Å². The Morgan fingerprint density at radius 2 is 1.89 bits per heavy atom. The normalized spacial score (nSPS) is 18.7. The molecular weight excluding hydrogens is 244 g/mol. The standard InChI is InChI=1S/C14H26N2O3/c1-14(2,3)8-10(15)6-12(17)16-11(7-13(18)19)9-4-5-9/h9-11H,4-8,15H2,1-3H3,(H,16,17)(H,18,19). The molecule has 1 saturated carbocycles. The zero-order valence-corrected chi connectivity index (χ0v) is 12.1. The van der Waals surface area contributed by atoms with E-state index >= 15 is 0 Å². The Morgan fingerprint density at radius 3 is 2.32 bits per heavy atom. The van der Waals surface area contributed by atoms with Crippen LogP contribution in [0.15, 0.2) is 0 Å². The second kappa shape index (κ2) is 6.37. The number of carbonyl (C=O) groups excluding carboxylic acids is 1. The highest BCUT2D eigenvalue weighted by Crippen LogP contribution is 2.34. The Hall–Kier alpha value is -1.10. The minimum Gasteiger partial charge on any atom is -0.481 e. The van der Waals surface area contributed by atoms with E-state index in [4.69, 9.17) is 10.8 Å². The van der Waals surface area contributed by atoms with Crippen LogP contribution in [-0.4, -0.2) is 29.1 Å². The van der Waals surface area contributed by atoms with Gasteiger partial charge in [-0.05, 0) is 30.6 Å². The van der Waals surface area contributed by atoms with E-state index in [1.807, 2.05) is 0 Å². The molecular formula is C14H26N2O3. The van der Waals surface area contributed by atoms with Gasteiger partial charge in [-0.2, -0.15) is 0 Å². The van der Waals surface area contributed by atoms with Crippen molar-refractivity contribution in [1.82, 2.24) is 5.32 Å². The van der Waals surface area contributed by atoms with Gasteiger partial charge in [-0.3, -0.25) is 9.59 Å². The highest BCUT2D eigenvalue weighted by Gasteiger charge is 2.33. The van der Waals surface area contributed by atoms with Gasteiger partial charge in [-0.1, -0.05) is 20.8 Å². The molecule has 2 unspecified atom stereocenters. The topological polar surface area (TPSA) is 92.4 Å². The van der Waals surface area contributed by atoms with Crippen LogP contribution in [0.25, 0.3) is 0 Å². The summed E-state index contributed by atoms with van der Waals surface area (Å²) in [6.45, 7) is 6.26. The number of aliphatic carboxylic acids is 1. The van der Waals surface area contributed by atoms with Gasteiger partial charge in [0.05, 0.1) is 6.42 Å². The zero-order chi connectivity index (χ0) is 14.6. The zero-order valence-electron chi connectivity index (χ0n) is 12.1. The number of carbonyl (C=O) groups is 2. The lowest BCUT2D eigenvalue weighted by Crippen LogP contribution is -2.41. The van der Waals surface area contributed by atoms with Crippen LogP contribution in [0.2, 0.25) is 0 Å². The summed E-state index contributed by atoms with van der Waals surface area (Å²) < 4.78 is 0. The van der Waals surface area contributed by atoms with Gasteiger partial charge in [0.2, 0.25) is 5.91 Å². The van der Waals surface area contributed by atoms with Crippen LogP contribution in [0.3, 0.4) is 0 Å². The average molecular weight is 270 g/mol. The summed E-state index contributed by atoms with van der Waals surface area (Å²) in [4.78, 5) is 22.6. The largest absolute Gasteiger partial charge is 0.481 e. The molecule has 0 aromatic rings. The van der Waals surface area contributed by atoms with Crippen molar-refractivity contribution in [2.24, 2.45) is 17.1 Å². The molecule has 1 aliphatic rings. The van der Waals surface area contributed by atoms with Gasteiger partial charge in [-0.15, -0.1) is 0 Å². The summed E-state index contributed by atoms with van der Waals surface area (Å²) in [6, 6.07) is -0.406. The lowest BCUT2D eigenvalue weighted by molar-refractivity contribution is -0.137. The number of hydrogen-bond acceptors (Lipinski definition) is 3. The van der Waals surface area contributed by atoms with Crippen molar-refractivity contribution in [3.05, 3.63) is 0 Å². The first-order valence-electron chi connectivity index (χ1n) is 6.94. The minimum atomic E-state index is -0.865. The SMILES string of the molecule is CC(C)(C)CC(N)CC(=O)NC(CC(=O)O)C1CC1. The first kappa shape index (κ1) is 16.0. The molecule has 0 heterocycles. The van der Waals surface area contributed by atoms with Crippen molar-refractivity contribution >= 4 is 11.9 Å². The van der Waals surface area contributed by atoms with Crippen LogP contribution >= 0.6 is 0 Å². The van der Waals surface area contributed by atoms with Gasteiger partial charge < -0.3 is 16.2 Å². The number of rotatable bonds is 7. The fraction of sp³-hybridized carbons (Fsp3) is 0.857. The van der Waals surface area contributed by atoms with Gasteiger partial charge >= 0.3 is 5.97 Å². The molecule has 1 amide bonds. The third-order valence-electron chi connectivity index (χ3n) is 3.25. The maximum atomic E-state index is 11.9. The lowest BCUT2D eigenvalue weighted by Gasteiger charge is -2.23. The summed E-state index contributed by atoms with van der Waals surface area (Å²) in [5.41, 5.74) is 6.05. The molecule has 4 N–H and O–H groups in total. The molecule has 1 fully saturated rings. The van der Waals surface area contributed by atoms with E-state index in [2.05, 4.69) is 26.1 Å². The molecule has 0 radical (unpaired) electrons. The summed E-state index contributed by atoms with van der Waals surface area (Å²) in [5.74, 6) is -0.662. The first-order valence-corrected chi connectivity index (χ1v) is 6.94. The maximum Gasteiger partial charge on any atom is 0.305 e. The van der Waals surface area contributed by atoms with Crippen LogP contribution < -0.4 is 11.1 Å². The van der Waals surface area contributed by atoms with Crippen molar-refractivity contribution in [1.29, 1.82) is 0 Å². The molecule has 110 valence electrons. The van der Waals surface area contributed by atoms with Crippen molar-refractivity contribution in [3.63, 3.8) is 0 Å². The predicted octanol–water partition coefficient (Wildman–Crippen LogP) is 1.51. The number of amides is 1. The molecule has 0 aliphatic heterocycles. The molecule has 5 heteroatoms. The fourth-order valence-electron chi connectivity index (χ4n) is 2.38. The fourth-order valence-corrected chi connectivity index (χ4v) is 2.38. The Morgan fingerprint density at radius 1 is 1.32 bits per heavy atom. The van der Waals surface area contributed by atoms with Gasteiger partial charge in [0.1, 0.15) is 0 Å². The molecule has 19 heavy (non-hydrogen) atoms. The Labute approximate surface area is 114 Å². The molecule has 5 nitrogen and oxygen atoms in total. The highest BCUT2D eigenvalue weighted by atomic mass is 16.4. The van der Waals surface area contributed by atoms with E-state index in [0.717, 1.165) is 19.3 Å². The van der Waals surface area contributed by atoms with Crippen LogP contribution in [-0.2, 0) is 9.59 Å². The van der Waals surface area contributed by atoms with Crippen LogP contribution in [0.5, 0.6) is 0 Å². The van der Waals surface area contributed by atoms with Crippen LogP contribution in [0.4, 0.5) is 0 Å². The molecule has 2 atom stereocenters. The summed E-state index contributed by atoms with van der Waals surface area (Å²) in [5, 5.41) is 11.7. The Bertz CT molecular complexity index is 332. The van der Waals surface area contributed by atoms with Crippen LogP contribution in [0, 0.1) is 11.3 Å². The second-order valence-electron chi connectivity index (χ2n) is 6.84. The van der Waals surface area contributed by atoms with Gasteiger partial charge in [-0.25, -0.2) is 0 Å². The molecule has 1 aliphatic carbocycles. The smallest absolute Gasteiger partial charge is 0.305 e. The molecule has 0 spiro atoms. The Balaban J connectivity index is 2.37. The number of hydrogen-bond donors (Lipinski definition) is 3. The van der Waals surface area contributed by atoms with Crippen molar-refractivity contribution < 1.29 is 14.7 Å². The predicted molar refractivity (Wildman–Crippen MR) is 73.6 cm³/mol. The summed E-state index contributed by atoms with van der Waals surface area (Å²) >= 11 is 0. The van der Waals surface area contributed by atoms with E-state index in [0.29, 0.717) is 5.92 Å². The number of nitrogens with two attached hydrogens (primary N) is 1. The van der Waals surface area contributed by atoms with Gasteiger partial charge in [0.15, 0.2) is 0 Å². The molecule has 1 rings (SSSR count). The van der Waals surface area contributed by atoms with Crippen molar-refractivity contribution in [2.45, 2.75) is 65.0 Å². The lowest BCUT2D eigenvalue weighted by atomic mass is 9.87. The van der Waals surface area contributed by atoms with E-state index in [1.54, 1.807) is 0 Å². The maximum absolute atomic E-state index is 11.9. The first-order chi connectivity index (χ1) is 8.67. The number of carboxylic acid groups (broad SMARTS) is 1. The van der Waals surface area contributed by atoms with E-state index in [-0.39, 0.29) is 36.2 Å². The molecule has 0 aromatic carbocycles. The third kappa shape index (κ3) is 7.15. The number of carboxylic acids is 1. The second-order valence-corrected chi connectivity index (χ2v) is 6.84. The summed E-state index contributed by atoms with van der Waals surface area (Å²) in [7, 11) is 0. The minimum absolute atomic E-state index is 0.00488.